The second-order valence-corrected chi connectivity index (χ2v) is 3.87. The molecule has 0 saturated heterocycles. The van der Waals surface area contributed by atoms with E-state index in [1.165, 1.54) is 31.4 Å². The highest BCUT2D eigenvalue weighted by Gasteiger charge is 2.37. The molecule has 100 valence electrons. The van der Waals surface area contributed by atoms with Crippen LogP contribution in [-0.4, -0.2) is 14.7 Å². The minimum absolute atomic E-state index is 0.106. The van der Waals surface area contributed by atoms with E-state index in [0.29, 0.717) is 0 Å². The van der Waals surface area contributed by atoms with Crippen molar-refractivity contribution in [1.82, 2.24) is 9.78 Å². The number of nitro groups is 1. The number of hydrogen-bond donors (Lipinski definition) is 0. The smallest absolute Gasteiger partial charge is 0.275 e. The van der Waals surface area contributed by atoms with Gasteiger partial charge in [-0.3, -0.25) is 14.8 Å². The molecule has 0 atom stereocenters. The maximum atomic E-state index is 12.8. The summed E-state index contributed by atoms with van der Waals surface area (Å²) in [6.45, 7) is 0. The first-order chi connectivity index (χ1) is 8.79. The summed E-state index contributed by atoms with van der Waals surface area (Å²) in [6, 6.07) is 5.01. The molecule has 0 aliphatic rings. The molecule has 0 unspecified atom stereocenters. The van der Waals surface area contributed by atoms with Crippen LogP contribution in [0.4, 0.5) is 18.9 Å². The zero-order chi connectivity index (χ0) is 14.2. The second-order valence-electron chi connectivity index (χ2n) is 3.87. The molecule has 1 aromatic carbocycles. The number of hydrogen-bond acceptors (Lipinski definition) is 3. The van der Waals surface area contributed by atoms with Crippen molar-refractivity contribution in [1.29, 1.82) is 0 Å². The minimum atomic E-state index is -4.61. The fourth-order valence-corrected chi connectivity index (χ4v) is 1.70. The van der Waals surface area contributed by atoms with Crippen molar-refractivity contribution in [3.05, 3.63) is 46.3 Å². The fourth-order valence-electron chi connectivity index (χ4n) is 1.70. The summed E-state index contributed by atoms with van der Waals surface area (Å²) in [7, 11) is 1.36. The third-order valence-corrected chi connectivity index (χ3v) is 2.47. The summed E-state index contributed by atoms with van der Waals surface area (Å²) in [5.74, 6) is 0. The molecule has 2 rings (SSSR count). The van der Waals surface area contributed by atoms with Crippen LogP contribution in [0.2, 0.25) is 0 Å². The Bertz CT molecular complexity index is 634. The number of nitro benzene ring substituents is 1. The Balaban J connectivity index is 2.59. The van der Waals surface area contributed by atoms with Crippen LogP contribution < -0.4 is 0 Å². The number of aromatic nitrogens is 2. The van der Waals surface area contributed by atoms with E-state index in [-0.39, 0.29) is 16.8 Å². The number of rotatable bonds is 2. The molecule has 1 heterocycles. The lowest BCUT2D eigenvalue weighted by Gasteiger charge is -2.05. The normalized spacial score (nSPS) is 11.6. The third-order valence-electron chi connectivity index (χ3n) is 2.47. The molecule has 1 aromatic heterocycles. The SMILES string of the molecule is Cn1cc(-c2cccc([N+](=O)[O-])c2)c(C(F)(F)F)n1. The highest BCUT2D eigenvalue weighted by atomic mass is 19.4. The van der Waals surface area contributed by atoms with Gasteiger partial charge in [0.25, 0.3) is 5.69 Å². The summed E-state index contributed by atoms with van der Waals surface area (Å²) in [4.78, 5) is 9.97. The van der Waals surface area contributed by atoms with Crippen LogP contribution in [0.15, 0.2) is 30.5 Å². The Morgan fingerprint density at radius 2 is 2.05 bits per heavy atom. The Morgan fingerprint density at radius 1 is 1.37 bits per heavy atom. The van der Waals surface area contributed by atoms with Crippen molar-refractivity contribution in [2.45, 2.75) is 6.18 Å². The number of aryl methyl sites for hydroxylation is 1. The van der Waals surface area contributed by atoms with Crippen molar-refractivity contribution >= 4 is 5.69 Å². The van der Waals surface area contributed by atoms with Crippen LogP contribution in [0.3, 0.4) is 0 Å². The maximum absolute atomic E-state index is 12.8. The first kappa shape index (κ1) is 13.1. The monoisotopic (exact) mass is 271 g/mol. The lowest BCUT2D eigenvalue weighted by molar-refractivity contribution is -0.384. The van der Waals surface area contributed by atoms with Crippen LogP contribution >= 0.6 is 0 Å². The molecule has 0 bridgehead atoms. The van der Waals surface area contributed by atoms with Gasteiger partial charge in [0, 0.05) is 30.9 Å². The zero-order valence-electron chi connectivity index (χ0n) is 9.68. The van der Waals surface area contributed by atoms with E-state index in [0.717, 1.165) is 10.7 Å². The molecular weight excluding hydrogens is 263 g/mol. The van der Waals surface area contributed by atoms with E-state index in [1.807, 2.05) is 0 Å². The quantitative estimate of drug-likeness (QED) is 0.623. The molecule has 0 radical (unpaired) electrons. The molecule has 0 amide bonds. The molecule has 19 heavy (non-hydrogen) atoms. The van der Waals surface area contributed by atoms with Crippen molar-refractivity contribution in [2.75, 3.05) is 0 Å². The van der Waals surface area contributed by atoms with Gasteiger partial charge in [0.1, 0.15) is 0 Å². The van der Waals surface area contributed by atoms with E-state index in [2.05, 4.69) is 5.10 Å². The van der Waals surface area contributed by atoms with Crippen LogP contribution in [-0.2, 0) is 13.2 Å². The van der Waals surface area contributed by atoms with Crippen molar-refractivity contribution < 1.29 is 18.1 Å². The van der Waals surface area contributed by atoms with Gasteiger partial charge in [-0.05, 0) is 5.56 Å². The van der Waals surface area contributed by atoms with Gasteiger partial charge in [-0.25, -0.2) is 0 Å². The number of nitrogens with zero attached hydrogens (tertiary/aromatic N) is 3. The van der Waals surface area contributed by atoms with Gasteiger partial charge < -0.3 is 0 Å². The Morgan fingerprint density at radius 3 is 2.63 bits per heavy atom. The Hall–Kier alpha value is -2.38. The molecule has 2 aromatic rings. The lowest BCUT2D eigenvalue weighted by Crippen LogP contribution is -2.08. The zero-order valence-corrected chi connectivity index (χ0v) is 9.68. The van der Waals surface area contributed by atoms with Gasteiger partial charge >= 0.3 is 6.18 Å². The van der Waals surface area contributed by atoms with Crippen LogP contribution in [0.5, 0.6) is 0 Å². The first-order valence-electron chi connectivity index (χ1n) is 5.14. The molecule has 0 N–H and O–H groups in total. The largest absolute Gasteiger partial charge is 0.435 e. The summed E-state index contributed by atoms with van der Waals surface area (Å²) in [5, 5.41) is 14.0. The first-order valence-corrected chi connectivity index (χ1v) is 5.14. The minimum Gasteiger partial charge on any atom is -0.275 e. The average Bonchev–Trinajstić information content (AvgIpc) is 2.71. The molecule has 0 fully saturated rings. The molecule has 0 saturated carbocycles. The highest BCUT2D eigenvalue weighted by molar-refractivity contribution is 5.68. The van der Waals surface area contributed by atoms with Crippen LogP contribution in [0.25, 0.3) is 11.1 Å². The van der Waals surface area contributed by atoms with E-state index in [4.69, 9.17) is 0 Å². The van der Waals surface area contributed by atoms with Gasteiger partial charge in [-0.1, -0.05) is 12.1 Å². The van der Waals surface area contributed by atoms with Gasteiger partial charge in [-0.2, -0.15) is 18.3 Å². The summed E-state index contributed by atoms with van der Waals surface area (Å²) in [5.41, 5.74) is -1.40. The van der Waals surface area contributed by atoms with Crippen molar-refractivity contribution in [3.63, 3.8) is 0 Å². The standard InChI is InChI=1S/C11H8F3N3O2/c1-16-6-9(10(15-16)11(12,13)14)7-3-2-4-8(5-7)17(18)19/h2-6H,1H3. The van der Waals surface area contributed by atoms with Crippen LogP contribution in [0, 0.1) is 10.1 Å². The summed E-state index contributed by atoms with van der Waals surface area (Å²) < 4.78 is 39.4. The van der Waals surface area contributed by atoms with Crippen molar-refractivity contribution in [3.8, 4) is 11.1 Å². The van der Waals surface area contributed by atoms with Gasteiger partial charge in [0.05, 0.1) is 4.92 Å². The number of non-ortho nitro benzene ring substituents is 1. The molecular formula is C11H8F3N3O2. The van der Waals surface area contributed by atoms with E-state index >= 15 is 0 Å². The van der Waals surface area contributed by atoms with E-state index in [9.17, 15) is 23.3 Å². The predicted molar refractivity (Wildman–Crippen MR) is 60.3 cm³/mol. The highest BCUT2D eigenvalue weighted by Crippen LogP contribution is 2.36. The second kappa shape index (κ2) is 4.38. The summed E-state index contributed by atoms with van der Waals surface area (Å²) in [6.07, 6.45) is -3.43. The molecule has 0 aliphatic heterocycles. The Labute approximate surface area is 105 Å². The Kier molecular flexibility index (Phi) is 3.01. The maximum Gasteiger partial charge on any atom is 0.435 e. The van der Waals surface area contributed by atoms with E-state index in [1.54, 1.807) is 0 Å². The van der Waals surface area contributed by atoms with Crippen LogP contribution in [0.1, 0.15) is 5.69 Å². The molecule has 5 nitrogen and oxygen atoms in total. The summed E-state index contributed by atoms with van der Waals surface area (Å²) >= 11 is 0. The average molecular weight is 271 g/mol. The van der Waals surface area contributed by atoms with Crippen molar-refractivity contribution in [2.24, 2.45) is 7.05 Å². The lowest BCUT2D eigenvalue weighted by atomic mass is 10.1. The topological polar surface area (TPSA) is 61.0 Å². The number of benzene rings is 1. The van der Waals surface area contributed by atoms with Gasteiger partial charge in [0.15, 0.2) is 5.69 Å². The fraction of sp³-hybridized carbons (Fsp3) is 0.182. The molecule has 8 heteroatoms. The number of halogens is 3. The van der Waals surface area contributed by atoms with Gasteiger partial charge in [0.2, 0.25) is 0 Å². The molecule has 0 spiro atoms. The van der Waals surface area contributed by atoms with Gasteiger partial charge in [-0.15, -0.1) is 0 Å². The number of alkyl halides is 3. The van der Waals surface area contributed by atoms with E-state index < -0.39 is 16.8 Å². The predicted octanol–water partition coefficient (Wildman–Crippen LogP) is 3.01. The third kappa shape index (κ3) is 2.56. The molecule has 0 aliphatic carbocycles.